The average molecular weight is 222 g/mol. The van der Waals surface area contributed by atoms with Crippen molar-refractivity contribution in [2.45, 2.75) is 18.2 Å². The van der Waals surface area contributed by atoms with Crippen LogP contribution in [0.2, 0.25) is 0 Å². The van der Waals surface area contributed by atoms with E-state index in [2.05, 4.69) is 25.6 Å². The number of hydrogen-bond acceptors (Lipinski definition) is 3. The molecule has 1 nitrogen and oxygen atoms in total. The van der Waals surface area contributed by atoms with Crippen LogP contribution in [-0.4, -0.2) is 6.29 Å². The number of carbonyl (C=O) groups is 1. The molecule has 1 heterocycles. The normalized spacial score (nSPS) is 10.7. The Morgan fingerprint density at radius 3 is 2.86 bits per heavy atom. The third-order valence-corrected chi connectivity index (χ3v) is 3.76. The van der Waals surface area contributed by atoms with E-state index in [0.717, 1.165) is 33.3 Å². The number of hydrogen-bond donors (Lipinski definition) is 1. The highest BCUT2D eigenvalue weighted by Crippen LogP contribution is 2.30. The van der Waals surface area contributed by atoms with Crippen LogP contribution in [0, 0.1) is 0 Å². The van der Waals surface area contributed by atoms with Crippen molar-refractivity contribution in [3.63, 3.8) is 0 Å². The second-order valence-electron chi connectivity index (χ2n) is 3.14. The molecule has 0 radical (unpaired) electrons. The maximum Gasteiger partial charge on any atom is 0.151 e. The van der Waals surface area contributed by atoms with Gasteiger partial charge in [0.25, 0.3) is 0 Å². The second kappa shape index (κ2) is 3.75. The summed E-state index contributed by atoms with van der Waals surface area (Å²) in [4.78, 5) is 13.0. The molecule has 2 aromatic rings. The van der Waals surface area contributed by atoms with E-state index < -0.39 is 0 Å². The Kier molecular flexibility index (Phi) is 2.61. The maximum absolute atomic E-state index is 10.8. The highest BCUT2D eigenvalue weighted by atomic mass is 32.1. The number of benzene rings is 1. The van der Waals surface area contributed by atoms with E-state index >= 15 is 0 Å². The topological polar surface area (TPSA) is 17.1 Å². The van der Waals surface area contributed by atoms with Gasteiger partial charge in [0.1, 0.15) is 0 Å². The molecule has 0 fully saturated rings. The quantitative estimate of drug-likeness (QED) is 0.607. The van der Waals surface area contributed by atoms with E-state index in [-0.39, 0.29) is 0 Å². The van der Waals surface area contributed by atoms with E-state index in [1.165, 1.54) is 4.88 Å². The summed E-state index contributed by atoms with van der Waals surface area (Å²) in [7, 11) is 0. The van der Waals surface area contributed by atoms with Crippen LogP contribution in [0.4, 0.5) is 0 Å². The monoisotopic (exact) mass is 222 g/mol. The molecule has 0 spiro atoms. The average Bonchev–Trinajstić information content (AvgIpc) is 2.59. The smallest absolute Gasteiger partial charge is 0.151 e. The predicted octanol–water partition coefficient (Wildman–Crippen LogP) is 3.56. The summed E-state index contributed by atoms with van der Waals surface area (Å²) in [6.07, 6.45) is 1.91. The minimum atomic E-state index is 0.747. The molecule has 0 saturated carbocycles. The van der Waals surface area contributed by atoms with E-state index in [1.807, 2.05) is 12.1 Å². The van der Waals surface area contributed by atoms with Crippen LogP contribution in [0.15, 0.2) is 23.1 Å². The van der Waals surface area contributed by atoms with Gasteiger partial charge < -0.3 is 0 Å². The Bertz CT molecular complexity index is 485. The Hall–Kier alpha value is -0.800. The molecule has 3 heteroatoms. The first-order valence-corrected chi connectivity index (χ1v) is 5.71. The number of carbonyl (C=O) groups excluding carboxylic acids is 1. The van der Waals surface area contributed by atoms with Gasteiger partial charge in [-0.05, 0) is 30.0 Å². The number of aryl methyl sites for hydroxylation is 1. The highest BCUT2D eigenvalue weighted by molar-refractivity contribution is 7.80. The SMILES string of the molecule is CCc1cc2cc(S)cc(C=O)c2s1. The molecule has 72 valence electrons. The lowest BCUT2D eigenvalue weighted by atomic mass is 10.2. The van der Waals surface area contributed by atoms with Crippen molar-refractivity contribution in [2.24, 2.45) is 0 Å². The summed E-state index contributed by atoms with van der Waals surface area (Å²) in [6.45, 7) is 2.12. The fourth-order valence-corrected chi connectivity index (χ4v) is 2.81. The largest absolute Gasteiger partial charge is 0.298 e. The molecule has 2 rings (SSSR count). The van der Waals surface area contributed by atoms with Crippen molar-refractivity contribution >= 4 is 40.3 Å². The molecule has 0 aliphatic rings. The van der Waals surface area contributed by atoms with Crippen LogP contribution in [0.5, 0.6) is 0 Å². The Morgan fingerprint density at radius 1 is 1.43 bits per heavy atom. The van der Waals surface area contributed by atoms with Crippen molar-refractivity contribution in [1.82, 2.24) is 0 Å². The van der Waals surface area contributed by atoms with Gasteiger partial charge in [-0.1, -0.05) is 6.92 Å². The van der Waals surface area contributed by atoms with Crippen molar-refractivity contribution < 1.29 is 4.79 Å². The first-order chi connectivity index (χ1) is 6.74. The van der Waals surface area contributed by atoms with Crippen molar-refractivity contribution in [2.75, 3.05) is 0 Å². The molecule has 0 saturated heterocycles. The molecule has 0 unspecified atom stereocenters. The van der Waals surface area contributed by atoms with Gasteiger partial charge in [0.15, 0.2) is 6.29 Å². The summed E-state index contributed by atoms with van der Waals surface area (Å²) in [5.74, 6) is 0. The van der Waals surface area contributed by atoms with Crippen molar-refractivity contribution in [3.8, 4) is 0 Å². The van der Waals surface area contributed by atoms with Gasteiger partial charge in [0.05, 0.1) is 0 Å². The minimum Gasteiger partial charge on any atom is -0.298 e. The standard InChI is InChI=1S/C11H10OS2/c1-2-10-5-7-3-9(13)4-8(6-12)11(7)14-10/h3-6,13H,2H2,1H3. The number of aldehydes is 1. The molecule has 0 N–H and O–H groups in total. The van der Waals surface area contributed by atoms with E-state index in [9.17, 15) is 4.79 Å². The summed E-state index contributed by atoms with van der Waals surface area (Å²) in [6, 6.07) is 5.95. The molecule has 1 aromatic heterocycles. The zero-order valence-electron chi connectivity index (χ0n) is 7.78. The van der Waals surface area contributed by atoms with Crippen LogP contribution in [0.1, 0.15) is 22.2 Å². The Morgan fingerprint density at radius 2 is 2.21 bits per heavy atom. The Labute approximate surface area is 92.2 Å². The van der Waals surface area contributed by atoms with Crippen LogP contribution in [0.25, 0.3) is 10.1 Å². The zero-order valence-corrected chi connectivity index (χ0v) is 9.49. The summed E-state index contributed by atoms with van der Waals surface area (Å²) >= 11 is 5.96. The van der Waals surface area contributed by atoms with E-state index in [1.54, 1.807) is 11.3 Å². The molecule has 0 aliphatic heterocycles. The lowest BCUT2D eigenvalue weighted by molar-refractivity contribution is 0.112. The molecular weight excluding hydrogens is 212 g/mol. The maximum atomic E-state index is 10.8. The second-order valence-corrected chi connectivity index (χ2v) is 4.79. The minimum absolute atomic E-state index is 0.747. The molecule has 0 bridgehead atoms. The summed E-state index contributed by atoms with van der Waals surface area (Å²) in [5, 5.41) is 1.13. The van der Waals surface area contributed by atoms with Gasteiger partial charge in [-0.15, -0.1) is 24.0 Å². The molecule has 0 amide bonds. The van der Waals surface area contributed by atoms with Gasteiger partial charge in [0, 0.05) is 20.0 Å². The zero-order chi connectivity index (χ0) is 10.1. The highest BCUT2D eigenvalue weighted by Gasteiger charge is 2.06. The van der Waals surface area contributed by atoms with Gasteiger partial charge >= 0.3 is 0 Å². The predicted molar refractivity (Wildman–Crippen MR) is 63.8 cm³/mol. The van der Waals surface area contributed by atoms with Crippen molar-refractivity contribution in [1.29, 1.82) is 0 Å². The molecule has 0 aliphatic carbocycles. The van der Waals surface area contributed by atoms with Crippen LogP contribution < -0.4 is 0 Å². The fraction of sp³-hybridized carbons (Fsp3) is 0.182. The third-order valence-electron chi connectivity index (χ3n) is 2.16. The molecular formula is C11H10OS2. The lowest BCUT2D eigenvalue weighted by Crippen LogP contribution is -1.79. The number of thiol groups is 1. The van der Waals surface area contributed by atoms with E-state index in [4.69, 9.17) is 0 Å². The molecule has 14 heavy (non-hydrogen) atoms. The van der Waals surface area contributed by atoms with Gasteiger partial charge in [-0.3, -0.25) is 4.79 Å². The van der Waals surface area contributed by atoms with Crippen LogP contribution in [0.3, 0.4) is 0 Å². The van der Waals surface area contributed by atoms with Crippen LogP contribution in [-0.2, 0) is 6.42 Å². The summed E-state index contributed by atoms with van der Waals surface area (Å²) in [5.41, 5.74) is 0.747. The lowest BCUT2D eigenvalue weighted by Gasteiger charge is -1.95. The number of fused-ring (bicyclic) bond motifs is 1. The number of thiophene rings is 1. The Balaban J connectivity index is 2.77. The molecule has 1 aromatic carbocycles. The fourth-order valence-electron chi connectivity index (χ4n) is 1.48. The first kappa shape index (κ1) is 9.74. The van der Waals surface area contributed by atoms with Crippen LogP contribution >= 0.6 is 24.0 Å². The first-order valence-electron chi connectivity index (χ1n) is 4.45. The van der Waals surface area contributed by atoms with Gasteiger partial charge in [0.2, 0.25) is 0 Å². The van der Waals surface area contributed by atoms with E-state index in [0.29, 0.717) is 0 Å². The summed E-state index contributed by atoms with van der Waals surface area (Å²) < 4.78 is 1.08. The number of rotatable bonds is 2. The van der Waals surface area contributed by atoms with Gasteiger partial charge in [-0.2, -0.15) is 0 Å². The third kappa shape index (κ3) is 1.57. The molecule has 0 atom stereocenters. The van der Waals surface area contributed by atoms with Crippen molar-refractivity contribution in [3.05, 3.63) is 28.6 Å². The van der Waals surface area contributed by atoms with Gasteiger partial charge in [-0.25, -0.2) is 0 Å².